The Morgan fingerprint density at radius 1 is 0.898 bits per heavy atom. The van der Waals surface area contributed by atoms with Crippen molar-refractivity contribution < 1.29 is 32.6 Å². The van der Waals surface area contributed by atoms with Crippen LogP contribution >= 0.6 is 11.8 Å². The largest absolute Gasteiger partial charge is 0.461 e. The number of rotatable bonds is 19. The van der Waals surface area contributed by atoms with E-state index in [1.807, 2.05) is 91.0 Å². The molecule has 0 aliphatic rings. The van der Waals surface area contributed by atoms with Crippen LogP contribution in [0.3, 0.4) is 0 Å². The fourth-order valence-electron chi connectivity index (χ4n) is 5.39. The van der Waals surface area contributed by atoms with Crippen molar-refractivity contribution in [2.45, 2.75) is 55.7 Å². The first-order valence-corrected chi connectivity index (χ1v) is 19.1. The zero-order valence-electron chi connectivity index (χ0n) is 28.2. The highest BCUT2D eigenvalue weighted by molar-refractivity contribution is 8.00. The van der Waals surface area contributed by atoms with E-state index in [0.717, 1.165) is 22.9 Å². The number of hydrogen-bond donors (Lipinski definition) is 4. The van der Waals surface area contributed by atoms with E-state index < -0.39 is 56.6 Å². The number of esters is 1. The molecule has 0 aromatic heterocycles. The fourth-order valence-corrected chi connectivity index (χ4v) is 7.63. The van der Waals surface area contributed by atoms with Crippen LogP contribution in [0.1, 0.15) is 43.4 Å². The van der Waals surface area contributed by atoms with Gasteiger partial charge in [-0.2, -0.15) is 0 Å². The maximum absolute atomic E-state index is 14.1. The molecule has 0 saturated carbocycles. The third kappa shape index (κ3) is 11.6. The highest BCUT2D eigenvalue weighted by Crippen LogP contribution is 2.48. The molecule has 264 valence electrons. The van der Waals surface area contributed by atoms with Gasteiger partial charge in [0.1, 0.15) is 22.5 Å². The lowest BCUT2D eigenvalue weighted by molar-refractivity contribution is -0.145. The van der Waals surface area contributed by atoms with Crippen molar-refractivity contribution in [1.29, 1.82) is 0 Å². The van der Waals surface area contributed by atoms with Gasteiger partial charge in [0.25, 0.3) is 0 Å². The predicted molar refractivity (Wildman–Crippen MR) is 194 cm³/mol. The van der Waals surface area contributed by atoms with E-state index in [9.17, 15) is 27.9 Å². The van der Waals surface area contributed by atoms with Gasteiger partial charge in [-0.05, 0) is 29.0 Å². The van der Waals surface area contributed by atoms with Gasteiger partial charge in [-0.3, -0.25) is 14.4 Å². The molecule has 0 spiro atoms. The summed E-state index contributed by atoms with van der Waals surface area (Å²) in [5.41, 5.74) is 8.94. The maximum atomic E-state index is 14.1. The molecule has 4 atom stereocenters. The van der Waals surface area contributed by atoms with Crippen LogP contribution in [0, 0.1) is 5.92 Å². The molecule has 49 heavy (non-hydrogen) atoms. The lowest BCUT2D eigenvalue weighted by Gasteiger charge is -2.37. The van der Waals surface area contributed by atoms with E-state index in [2.05, 4.69) is 17.2 Å². The van der Waals surface area contributed by atoms with Crippen LogP contribution in [-0.4, -0.2) is 79.9 Å². The average molecular weight is 710 g/mol. The molecule has 0 unspecified atom stereocenters. The second kappa shape index (κ2) is 18.7. The lowest BCUT2D eigenvalue weighted by atomic mass is 9.84. The summed E-state index contributed by atoms with van der Waals surface area (Å²) < 4.78 is 27.7. The molecule has 0 aliphatic heterocycles. The Morgan fingerprint density at radius 2 is 1.39 bits per heavy atom. The first kappa shape index (κ1) is 39.5. The van der Waals surface area contributed by atoms with Crippen molar-refractivity contribution in [3.8, 4) is 0 Å². The molecular formula is C37H47N3O7S2. The molecule has 0 bridgehead atoms. The Hall–Kier alpha value is -3.97. The fraction of sp³-hybridized carbons (Fsp3) is 0.378. The second-order valence-electron chi connectivity index (χ2n) is 12.2. The number of aliphatic hydroxyl groups is 1. The molecule has 0 heterocycles. The number of aliphatic hydroxyl groups excluding tert-OH is 1. The number of hydrogen-bond acceptors (Lipinski definition) is 9. The van der Waals surface area contributed by atoms with Gasteiger partial charge >= 0.3 is 5.97 Å². The molecule has 10 nitrogen and oxygen atoms in total. The van der Waals surface area contributed by atoms with Crippen LogP contribution in [0.4, 0.5) is 0 Å². The number of carbonyl (C=O) groups excluding carboxylic acids is 3. The predicted octanol–water partition coefficient (Wildman–Crippen LogP) is 3.58. The number of nitrogens with one attached hydrogen (secondary N) is 2. The SMILES string of the molecule is C=CCOC(=O)C[C@@H](O)[C@@H](NC(=O)[C@H](CSC(c1ccccc1)(c1ccccc1)c1ccccc1)NC(=O)[C@@H](N)CCS(C)(=O)=O)C(C)C. The molecular weight excluding hydrogens is 663 g/mol. The molecule has 3 aromatic carbocycles. The van der Waals surface area contributed by atoms with Crippen molar-refractivity contribution in [1.82, 2.24) is 10.6 Å². The van der Waals surface area contributed by atoms with E-state index >= 15 is 0 Å². The van der Waals surface area contributed by atoms with E-state index in [0.29, 0.717) is 0 Å². The van der Waals surface area contributed by atoms with Crippen molar-refractivity contribution in [2.75, 3.05) is 24.4 Å². The highest BCUT2D eigenvalue weighted by atomic mass is 32.2. The zero-order chi connectivity index (χ0) is 36.0. The Morgan fingerprint density at radius 3 is 1.82 bits per heavy atom. The van der Waals surface area contributed by atoms with Gasteiger partial charge in [-0.1, -0.05) is 117 Å². The van der Waals surface area contributed by atoms with Gasteiger partial charge in [-0.15, -0.1) is 11.8 Å². The van der Waals surface area contributed by atoms with E-state index in [1.54, 1.807) is 13.8 Å². The van der Waals surface area contributed by atoms with Gasteiger partial charge < -0.3 is 26.2 Å². The van der Waals surface area contributed by atoms with Gasteiger partial charge in [0.05, 0.1) is 35.1 Å². The number of thioether (sulfide) groups is 1. The van der Waals surface area contributed by atoms with Gasteiger partial charge in [0.2, 0.25) is 11.8 Å². The quantitative estimate of drug-likeness (QED) is 0.0828. The van der Waals surface area contributed by atoms with Crippen molar-refractivity contribution >= 4 is 39.4 Å². The van der Waals surface area contributed by atoms with Crippen molar-refractivity contribution in [2.24, 2.45) is 11.7 Å². The lowest BCUT2D eigenvalue weighted by Crippen LogP contribution is -2.57. The Bertz CT molecular complexity index is 1520. The summed E-state index contributed by atoms with van der Waals surface area (Å²) in [6.45, 7) is 7.08. The summed E-state index contributed by atoms with van der Waals surface area (Å²) in [5, 5.41) is 16.6. The molecule has 0 aliphatic carbocycles. The first-order valence-electron chi connectivity index (χ1n) is 16.1. The molecule has 0 radical (unpaired) electrons. The summed E-state index contributed by atoms with van der Waals surface area (Å²) in [7, 11) is -3.38. The average Bonchev–Trinajstić information content (AvgIpc) is 3.09. The number of amides is 2. The third-order valence-corrected chi connectivity index (χ3v) is 10.6. The third-order valence-electron chi connectivity index (χ3n) is 7.96. The van der Waals surface area contributed by atoms with Crippen LogP contribution in [-0.2, 0) is 33.7 Å². The van der Waals surface area contributed by atoms with Crippen molar-refractivity contribution in [3.63, 3.8) is 0 Å². The standard InChI is InChI=1S/C37H47N3O7S2/c1-5-22-47-33(42)24-32(41)34(26(2)3)40-36(44)31(39-35(43)30(38)21-23-49(4,45)46)25-48-37(27-15-9-6-10-16-27,28-17-11-7-12-18-28)29-19-13-8-14-20-29/h5-20,26,30-32,34,41H,1,21-25,38H2,2-4H3,(H,39,43)(H,40,44)/t30-,31-,32+,34-/m0/s1. The normalized spacial score (nSPS) is 14.2. The van der Waals surface area contributed by atoms with Gasteiger partial charge in [0.15, 0.2) is 0 Å². The summed E-state index contributed by atoms with van der Waals surface area (Å²) in [6.07, 6.45) is 0.704. The summed E-state index contributed by atoms with van der Waals surface area (Å²) in [6, 6.07) is 26.3. The Kier molecular flexibility index (Phi) is 15.1. The van der Waals surface area contributed by atoms with E-state index in [-0.39, 0.29) is 36.9 Å². The first-order chi connectivity index (χ1) is 23.3. The second-order valence-corrected chi connectivity index (χ2v) is 15.7. The minimum atomic E-state index is -3.38. The number of benzene rings is 3. The number of sulfone groups is 1. The number of nitrogens with two attached hydrogens (primary N) is 1. The number of ether oxygens (including phenoxy) is 1. The van der Waals surface area contributed by atoms with Gasteiger partial charge in [0, 0.05) is 12.0 Å². The van der Waals surface area contributed by atoms with Gasteiger partial charge in [-0.25, -0.2) is 8.42 Å². The summed E-state index contributed by atoms with van der Waals surface area (Å²) in [5.74, 6) is -2.49. The molecule has 2 amide bonds. The molecule has 3 aromatic rings. The smallest absolute Gasteiger partial charge is 0.308 e. The van der Waals surface area contributed by atoms with Crippen LogP contribution in [0.25, 0.3) is 0 Å². The topological polar surface area (TPSA) is 165 Å². The molecule has 12 heteroatoms. The summed E-state index contributed by atoms with van der Waals surface area (Å²) >= 11 is 1.44. The van der Waals surface area contributed by atoms with Crippen molar-refractivity contribution in [3.05, 3.63) is 120 Å². The highest BCUT2D eigenvalue weighted by Gasteiger charge is 2.39. The van der Waals surface area contributed by atoms with Crippen LogP contribution < -0.4 is 16.4 Å². The minimum absolute atomic E-state index is 0.0127. The van der Waals surface area contributed by atoms with Crippen LogP contribution in [0.2, 0.25) is 0 Å². The molecule has 3 rings (SSSR count). The Balaban J connectivity index is 2.02. The maximum Gasteiger partial charge on any atom is 0.308 e. The zero-order valence-corrected chi connectivity index (χ0v) is 29.8. The number of carbonyl (C=O) groups is 3. The van der Waals surface area contributed by atoms with E-state index in [1.165, 1.54) is 17.8 Å². The van der Waals surface area contributed by atoms with Crippen LogP contribution in [0.15, 0.2) is 104 Å². The Labute approximate surface area is 293 Å². The molecule has 0 fully saturated rings. The minimum Gasteiger partial charge on any atom is -0.461 e. The molecule has 0 saturated heterocycles. The summed E-state index contributed by atoms with van der Waals surface area (Å²) in [4.78, 5) is 39.7. The van der Waals surface area contributed by atoms with Crippen LogP contribution in [0.5, 0.6) is 0 Å². The molecule has 5 N–H and O–H groups in total. The monoisotopic (exact) mass is 709 g/mol. The van der Waals surface area contributed by atoms with E-state index in [4.69, 9.17) is 10.5 Å².